The SMILES string of the molecule is [CH-]=C/C(=C\[CH-]C)NC(O)c1c(C2CCCCC3(CC3(F)F)C(C)CC2)ncc(C(F)(F)F)c1C.[CH3-].[Li+]. The summed E-state index contributed by atoms with van der Waals surface area (Å²) in [6.07, 6.45) is 2.54. The van der Waals surface area contributed by atoms with Crippen LogP contribution >= 0.6 is 0 Å². The fourth-order valence-electron chi connectivity index (χ4n) is 5.54. The second-order valence-corrected chi connectivity index (χ2v) is 9.72. The number of halogens is 5. The van der Waals surface area contributed by atoms with Crippen LogP contribution < -0.4 is 24.2 Å². The molecule has 2 N–H and O–H groups in total. The van der Waals surface area contributed by atoms with Gasteiger partial charge in [-0.3, -0.25) is 11.6 Å². The average Bonchev–Trinajstić information content (AvgIpc) is 3.30. The number of alkyl halides is 5. The van der Waals surface area contributed by atoms with Gasteiger partial charge in [0.15, 0.2) is 0 Å². The Morgan fingerprint density at radius 2 is 1.92 bits per heavy atom. The fourth-order valence-corrected chi connectivity index (χ4v) is 5.54. The van der Waals surface area contributed by atoms with E-state index in [4.69, 9.17) is 6.58 Å². The third kappa shape index (κ3) is 6.49. The molecule has 1 heterocycles. The topological polar surface area (TPSA) is 45.1 Å². The molecule has 0 aromatic carbocycles. The molecule has 0 amide bonds. The van der Waals surface area contributed by atoms with Crippen LogP contribution in [0.3, 0.4) is 0 Å². The second-order valence-electron chi connectivity index (χ2n) is 9.72. The van der Waals surface area contributed by atoms with Gasteiger partial charge in [0.05, 0.1) is 11.3 Å². The van der Waals surface area contributed by atoms with Crippen molar-refractivity contribution in [2.75, 3.05) is 0 Å². The van der Waals surface area contributed by atoms with Crippen LogP contribution in [0.1, 0.15) is 93.3 Å². The van der Waals surface area contributed by atoms with E-state index in [0.717, 1.165) is 6.20 Å². The van der Waals surface area contributed by atoms with E-state index in [9.17, 15) is 27.1 Å². The van der Waals surface area contributed by atoms with E-state index in [1.54, 1.807) is 19.4 Å². The van der Waals surface area contributed by atoms with Crippen molar-refractivity contribution in [2.45, 2.75) is 90.0 Å². The first kappa shape index (κ1) is 32.5. The van der Waals surface area contributed by atoms with Crippen molar-refractivity contribution in [3.05, 3.63) is 66.9 Å². The van der Waals surface area contributed by atoms with Crippen LogP contribution in [0.15, 0.2) is 24.0 Å². The van der Waals surface area contributed by atoms with Crippen LogP contribution in [0.2, 0.25) is 0 Å². The van der Waals surface area contributed by atoms with Crippen LogP contribution in [0, 0.1) is 38.7 Å². The monoisotopic (exact) mass is 506 g/mol. The van der Waals surface area contributed by atoms with Gasteiger partial charge >= 0.3 is 25.0 Å². The Hall–Kier alpha value is -1.49. The van der Waals surface area contributed by atoms with Gasteiger partial charge in [-0.15, -0.1) is 12.6 Å². The molecule has 1 aromatic rings. The number of hydrogen-bond acceptors (Lipinski definition) is 3. The Morgan fingerprint density at radius 3 is 2.44 bits per heavy atom. The summed E-state index contributed by atoms with van der Waals surface area (Å²) in [6.45, 7) is 10.5. The Kier molecular flexibility index (Phi) is 11.2. The number of aromatic nitrogens is 1. The first-order chi connectivity index (χ1) is 15.9. The second kappa shape index (κ2) is 12.4. The fraction of sp³-hybridized carbons (Fsp3) is 0.593. The van der Waals surface area contributed by atoms with Crippen molar-refractivity contribution in [3.63, 3.8) is 0 Å². The zero-order chi connectivity index (χ0) is 25.3. The Bertz CT molecular complexity index is 933. The minimum absolute atomic E-state index is 0. The smallest absolute Gasteiger partial charge is 0.436 e. The third-order valence-corrected chi connectivity index (χ3v) is 7.67. The zero-order valence-corrected chi connectivity index (χ0v) is 21.9. The van der Waals surface area contributed by atoms with Gasteiger partial charge in [0.25, 0.3) is 5.92 Å². The Labute approximate surface area is 224 Å². The van der Waals surface area contributed by atoms with Crippen LogP contribution in [0.25, 0.3) is 0 Å². The summed E-state index contributed by atoms with van der Waals surface area (Å²) in [6, 6.07) is 0. The summed E-state index contributed by atoms with van der Waals surface area (Å²) in [5.41, 5.74) is -1.17. The molecule has 2 saturated carbocycles. The molecule has 1 spiro atoms. The molecule has 0 saturated heterocycles. The molecule has 2 fully saturated rings. The molecule has 2 aliphatic rings. The number of pyridine rings is 1. The third-order valence-electron chi connectivity index (χ3n) is 7.67. The Balaban J connectivity index is 0.00000324. The van der Waals surface area contributed by atoms with Gasteiger partial charge in [-0.25, -0.2) is 27.4 Å². The van der Waals surface area contributed by atoms with Crippen LogP contribution in [-0.4, -0.2) is 16.0 Å². The maximum absolute atomic E-state index is 14.2. The number of aliphatic hydroxyl groups excluding tert-OH is 1. The van der Waals surface area contributed by atoms with Crippen molar-refractivity contribution < 1.29 is 45.9 Å². The van der Waals surface area contributed by atoms with Crippen molar-refractivity contribution in [3.8, 4) is 0 Å². The van der Waals surface area contributed by atoms with E-state index >= 15 is 0 Å². The van der Waals surface area contributed by atoms with Crippen molar-refractivity contribution in [1.82, 2.24) is 10.3 Å². The van der Waals surface area contributed by atoms with Crippen molar-refractivity contribution in [1.29, 1.82) is 0 Å². The zero-order valence-electron chi connectivity index (χ0n) is 21.9. The van der Waals surface area contributed by atoms with Crippen LogP contribution in [0.5, 0.6) is 0 Å². The van der Waals surface area contributed by atoms with E-state index in [1.807, 2.05) is 6.92 Å². The van der Waals surface area contributed by atoms with Gasteiger partial charge in [-0.1, -0.05) is 19.8 Å². The molecule has 0 bridgehead atoms. The number of rotatable bonds is 6. The first-order valence-electron chi connectivity index (χ1n) is 11.8. The van der Waals surface area contributed by atoms with Gasteiger partial charge in [-0.05, 0) is 44.1 Å². The molecule has 1 aromatic heterocycles. The van der Waals surface area contributed by atoms with Gasteiger partial charge < -0.3 is 17.8 Å². The number of allylic oxidation sites excluding steroid dienone is 2. The molecular formula is C27H36F5LiN2O-2. The Morgan fingerprint density at radius 1 is 1.28 bits per heavy atom. The molecule has 0 radical (unpaired) electrons. The van der Waals surface area contributed by atoms with E-state index in [2.05, 4.69) is 10.3 Å². The maximum Gasteiger partial charge on any atom is 1.00 e. The van der Waals surface area contributed by atoms with E-state index in [-0.39, 0.29) is 55.7 Å². The normalized spacial score (nSPS) is 26.9. The van der Waals surface area contributed by atoms with Gasteiger partial charge in [0.1, 0.15) is 6.23 Å². The standard InChI is InChI=1S/C26H33F5N2O.CH3.Li/c1-5-9-19(6-2)33-23(34)21-17(4)20(26(29,30)31)14-32-22(21)18-10-7-8-13-24(15-25(24,27)28)16(3)11-12-18;;/h2,5-6,9,14,16,18,23,33-34H,7-8,10-13,15H2,1,3-4H3;1H3;/q-2;-1;+1/b19-9+;;. The summed E-state index contributed by atoms with van der Waals surface area (Å²) < 4.78 is 69.4. The molecule has 4 atom stereocenters. The minimum atomic E-state index is -4.63. The molecule has 2 aliphatic carbocycles. The molecule has 3 nitrogen and oxygen atoms in total. The molecule has 198 valence electrons. The van der Waals surface area contributed by atoms with Crippen molar-refractivity contribution in [2.24, 2.45) is 11.3 Å². The number of hydrogen-bond donors (Lipinski definition) is 2. The number of nitrogens with zero attached hydrogens (tertiary/aromatic N) is 1. The van der Waals surface area contributed by atoms with Crippen molar-refractivity contribution >= 4 is 0 Å². The maximum atomic E-state index is 14.2. The predicted molar refractivity (Wildman–Crippen MR) is 127 cm³/mol. The predicted octanol–water partition coefficient (Wildman–Crippen LogP) is 4.64. The molecule has 36 heavy (non-hydrogen) atoms. The number of nitrogens with one attached hydrogen (secondary N) is 1. The molecule has 4 unspecified atom stereocenters. The number of aliphatic hydroxyl groups is 1. The van der Waals surface area contributed by atoms with Crippen LogP contribution in [0.4, 0.5) is 22.0 Å². The van der Waals surface area contributed by atoms with Crippen LogP contribution in [-0.2, 0) is 6.18 Å². The molecular weight excluding hydrogens is 470 g/mol. The molecule has 9 heteroatoms. The summed E-state index contributed by atoms with van der Waals surface area (Å²) >= 11 is 0. The van der Waals surface area contributed by atoms with Gasteiger partial charge in [-0.2, -0.15) is 13.2 Å². The summed E-state index contributed by atoms with van der Waals surface area (Å²) in [7, 11) is 0. The van der Waals surface area contributed by atoms with E-state index < -0.39 is 29.3 Å². The average molecular weight is 507 g/mol. The van der Waals surface area contributed by atoms with E-state index in [1.165, 1.54) is 13.0 Å². The van der Waals surface area contributed by atoms with Gasteiger partial charge in [0.2, 0.25) is 0 Å². The summed E-state index contributed by atoms with van der Waals surface area (Å²) in [5.74, 6) is -3.09. The summed E-state index contributed by atoms with van der Waals surface area (Å²) in [4.78, 5) is 4.20. The minimum Gasteiger partial charge on any atom is -0.436 e. The summed E-state index contributed by atoms with van der Waals surface area (Å²) in [5, 5.41) is 13.7. The molecule has 3 rings (SSSR count). The first-order valence-corrected chi connectivity index (χ1v) is 11.8. The largest absolute Gasteiger partial charge is 1.00 e. The molecule has 0 aliphatic heterocycles. The van der Waals surface area contributed by atoms with Gasteiger partial charge in [0, 0.05) is 29.5 Å². The van der Waals surface area contributed by atoms with E-state index in [0.29, 0.717) is 49.9 Å². The quantitative estimate of drug-likeness (QED) is 0.194.